The molecule has 4 aromatic rings. The molecule has 35 heavy (non-hydrogen) atoms. The second kappa shape index (κ2) is 12.3. The van der Waals surface area contributed by atoms with Gasteiger partial charge in [-0.3, -0.25) is 0 Å². The van der Waals surface area contributed by atoms with Gasteiger partial charge in [-0.2, -0.15) is 0 Å². The summed E-state index contributed by atoms with van der Waals surface area (Å²) in [6.07, 6.45) is 0. The fourth-order valence-electron chi connectivity index (χ4n) is 3.25. The van der Waals surface area contributed by atoms with Crippen LogP contribution in [0, 0.1) is 0 Å². The monoisotopic (exact) mass is 594 g/mol. The van der Waals surface area contributed by atoms with Gasteiger partial charge in [0.25, 0.3) is 0 Å². The zero-order valence-corrected chi connectivity index (χ0v) is 24.5. The van der Waals surface area contributed by atoms with Crippen LogP contribution >= 0.6 is 25.3 Å². The topological polar surface area (TPSA) is 114 Å². The Morgan fingerprint density at radius 2 is 0.800 bits per heavy atom. The summed E-state index contributed by atoms with van der Waals surface area (Å²) in [6.45, 7) is 0. The van der Waals surface area contributed by atoms with E-state index in [9.17, 15) is 25.9 Å². The van der Waals surface area contributed by atoms with Gasteiger partial charge >= 0.3 is 19.5 Å². The normalized spacial score (nSPS) is 11.1. The number of thiol groups is 2. The maximum Gasteiger partial charge on any atom is 2.00 e. The Labute approximate surface area is 228 Å². The van der Waals surface area contributed by atoms with Gasteiger partial charge in [0.1, 0.15) is 20.2 Å². The number of rotatable bonds is 4. The van der Waals surface area contributed by atoms with Gasteiger partial charge in [-0.15, -0.1) is 25.3 Å². The van der Waals surface area contributed by atoms with E-state index in [0.29, 0.717) is 32.0 Å². The maximum atomic E-state index is 11.2. The van der Waals surface area contributed by atoms with Crippen LogP contribution in [0.4, 0.5) is 0 Å². The first-order valence-corrected chi connectivity index (χ1v) is 13.4. The number of benzene rings is 4. The average Bonchev–Trinajstić information content (AvgIpc) is 2.79. The van der Waals surface area contributed by atoms with Crippen molar-refractivity contribution in [3.05, 3.63) is 97.1 Å². The first-order chi connectivity index (χ1) is 16.0. The van der Waals surface area contributed by atoms with Gasteiger partial charge in [0.05, 0.1) is 9.79 Å². The Hall–Kier alpha value is -1.98. The van der Waals surface area contributed by atoms with Crippen LogP contribution in [0.3, 0.4) is 0 Å². The van der Waals surface area contributed by atoms with E-state index in [1.54, 1.807) is 60.7 Å². The predicted molar refractivity (Wildman–Crippen MR) is 134 cm³/mol. The second-order valence-electron chi connectivity index (χ2n) is 6.94. The molecule has 0 aliphatic heterocycles. The summed E-state index contributed by atoms with van der Waals surface area (Å²) in [5, 5.41) is 0. The van der Waals surface area contributed by atoms with E-state index in [2.05, 4.69) is 25.3 Å². The summed E-state index contributed by atoms with van der Waals surface area (Å²) < 4.78 is 67.1. The van der Waals surface area contributed by atoms with E-state index in [1.807, 2.05) is 12.1 Å². The largest absolute Gasteiger partial charge is 2.00 e. The molecule has 0 fully saturated rings. The van der Waals surface area contributed by atoms with Crippen LogP contribution in [0.1, 0.15) is 0 Å². The molecule has 6 nitrogen and oxygen atoms in total. The summed E-state index contributed by atoms with van der Waals surface area (Å²) >= 11 is 8.42. The van der Waals surface area contributed by atoms with E-state index >= 15 is 0 Å². The van der Waals surface area contributed by atoms with Crippen molar-refractivity contribution in [1.29, 1.82) is 0 Å². The average molecular weight is 596 g/mol. The van der Waals surface area contributed by atoms with Gasteiger partial charge in [-0.05, 0) is 35.4 Å². The number of hydrogen-bond acceptors (Lipinski definition) is 8. The van der Waals surface area contributed by atoms with Crippen molar-refractivity contribution < 1.29 is 45.4 Å². The summed E-state index contributed by atoms with van der Waals surface area (Å²) in [5.74, 6) is 0. The van der Waals surface area contributed by atoms with Crippen molar-refractivity contribution in [2.24, 2.45) is 0 Å². The molecule has 0 bridgehead atoms. The van der Waals surface area contributed by atoms with Crippen LogP contribution in [-0.2, 0) is 39.7 Å². The maximum absolute atomic E-state index is 11.2. The Morgan fingerprint density at radius 3 is 1.09 bits per heavy atom. The third kappa shape index (κ3) is 7.50. The van der Waals surface area contributed by atoms with Gasteiger partial charge in [0.2, 0.25) is 0 Å². The van der Waals surface area contributed by atoms with Crippen LogP contribution in [0.15, 0.2) is 117 Å². The Morgan fingerprint density at radius 1 is 0.486 bits per heavy atom. The molecule has 0 amide bonds. The second-order valence-corrected chi connectivity index (χ2v) is 10.6. The van der Waals surface area contributed by atoms with E-state index < -0.39 is 20.2 Å². The standard InChI is InChI=1S/2C12H10O3S2.Zn/c2*13-17(14,15)11-8-4-7-10(16)12(11)9-5-2-1-3-6-9;/h2*1-8,16H,(H,13,14,15);/q;;+2/p-2. The minimum atomic E-state index is -4.50. The SMILES string of the molecule is O=S(=O)([O-])c1cccc(S)c1-c1ccccc1.O=S(=O)([O-])c1cccc(S)c1-c1ccccc1.[Zn+2]. The molecular weight excluding hydrogens is 578 g/mol. The molecule has 0 aliphatic carbocycles. The molecular formula is C24H18O6S4Zn. The van der Waals surface area contributed by atoms with Gasteiger partial charge in [0, 0.05) is 20.9 Å². The van der Waals surface area contributed by atoms with Crippen molar-refractivity contribution in [3.63, 3.8) is 0 Å². The first kappa shape index (κ1) is 29.3. The Kier molecular flexibility index (Phi) is 10.3. The summed E-state index contributed by atoms with van der Waals surface area (Å²) in [5.41, 5.74) is 2.03. The molecule has 0 aliphatic rings. The van der Waals surface area contributed by atoms with Gasteiger partial charge < -0.3 is 9.11 Å². The molecule has 0 N–H and O–H groups in total. The molecule has 0 radical (unpaired) electrons. The van der Waals surface area contributed by atoms with E-state index in [4.69, 9.17) is 0 Å². The van der Waals surface area contributed by atoms with E-state index in [0.717, 1.165) is 0 Å². The van der Waals surface area contributed by atoms with Gasteiger partial charge in [-0.1, -0.05) is 72.8 Å². The molecule has 176 valence electrons. The van der Waals surface area contributed by atoms with Crippen LogP contribution in [-0.4, -0.2) is 25.9 Å². The molecule has 0 aromatic heterocycles. The molecule has 0 saturated heterocycles. The molecule has 0 unspecified atom stereocenters. The minimum absolute atomic E-state index is 0. The zero-order valence-electron chi connectivity index (χ0n) is 18.1. The van der Waals surface area contributed by atoms with E-state index in [-0.39, 0.29) is 29.3 Å². The van der Waals surface area contributed by atoms with Gasteiger partial charge in [-0.25, -0.2) is 16.8 Å². The molecule has 0 saturated carbocycles. The molecule has 0 atom stereocenters. The van der Waals surface area contributed by atoms with Gasteiger partial charge in [0.15, 0.2) is 0 Å². The van der Waals surface area contributed by atoms with Crippen LogP contribution in [0.25, 0.3) is 22.3 Å². The fourth-order valence-corrected chi connectivity index (χ4v) is 5.51. The summed E-state index contributed by atoms with van der Waals surface area (Å²) in [6, 6.07) is 26.6. The fraction of sp³-hybridized carbons (Fsp3) is 0. The molecule has 4 rings (SSSR count). The third-order valence-electron chi connectivity index (χ3n) is 4.67. The molecule has 4 aromatic carbocycles. The number of hydrogen-bond donors (Lipinski definition) is 2. The van der Waals surface area contributed by atoms with Crippen LogP contribution in [0.5, 0.6) is 0 Å². The zero-order chi connectivity index (χ0) is 24.9. The van der Waals surface area contributed by atoms with Crippen molar-refractivity contribution in [1.82, 2.24) is 0 Å². The van der Waals surface area contributed by atoms with Crippen molar-refractivity contribution in [3.8, 4) is 22.3 Å². The smallest absolute Gasteiger partial charge is 0.744 e. The molecule has 11 heteroatoms. The first-order valence-electron chi connectivity index (χ1n) is 9.66. The quantitative estimate of drug-likeness (QED) is 0.193. The summed E-state index contributed by atoms with van der Waals surface area (Å²) in [7, 11) is -9.01. The Bertz CT molecular complexity index is 1390. The molecule has 0 heterocycles. The van der Waals surface area contributed by atoms with Crippen molar-refractivity contribution in [2.75, 3.05) is 0 Å². The van der Waals surface area contributed by atoms with E-state index in [1.165, 1.54) is 24.3 Å². The van der Waals surface area contributed by atoms with Crippen LogP contribution in [0.2, 0.25) is 0 Å². The predicted octanol–water partition coefficient (Wildman–Crippen LogP) is 5.09. The molecule has 0 spiro atoms. The Balaban J connectivity index is 0.000000240. The van der Waals surface area contributed by atoms with Crippen LogP contribution < -0.4 is 0 Å². The summed E-state index contributed by atoms with van der Waals surface area (Å²) in [4.78, 5) is 0.452. The van der Waals surface area contributed by atoms with Crippen molar-refractivity contribution in [2.45, 2.75) is 19.6 Å². The van der Waals surface area contributed by atoms with Crippen molar-refractivity contribution >= 4 is 45.5 Å². The minimum Gasteiger partial charge on any atom is -0.744 e. The third-order valence-corrected chi connectivity index (χ3v) is 7.18.